The van der Waals surface area contributed by atoms with E-state index in [1.54, 1.807) is 0 Å². The molecule has 0 aromatic rings. The van der Waals surface area contributed by atoms with E-state index >= 15 is 0 Å². The predicted molar refractivity (Wildman–Crippen MR) is 90.9 cm³/mol. The second-order valence-corrected chi connectivity index (χ2v) is 7.57. The van der Waals surface area contributed by atoms with Gasteiger partial charge >= 0.3 is 0 Å². The van der Waals surface area contributed by atoms with Crippen LogP contribution in [0.1, 0.15) is 66.2 Å². The zero-order chi connectivity index (χ0) is 15.7. The maximum atomic E-state index is 6.10. The molecular weight excluding hydrogens is 272 g/mol. The summed E-state index contributed by atoms with van der Waals surface area (Å²) in [4.78, 5) is 0. The number of ether oxygens (including phenoxy) is 2. The summed E-state index contributed by atoms with van der Waals surface area (Å²) in [6, 6.07) is 0. The van der Waals surface area contributed by atoms with E-state index in [9.17, 15) is 0 Å². The van der Waals surface area contributed by atoms with Gasteiger partial charge in [0.25, 0.3) is 0 Å². The van der Waals surface area contributed by atoms with Crippen LogP contribution >= 0.6 is 0 Å². The van der Waals surface area contributed by atoms with E-state index in [4.69, 9.17) is 9.47 Å². The Morgan fingerprint density at radius 3 is 2.55 bits per heavy atom. The molecule has 122 valence electrons. The average molecular weight is 302 g/mol. The van der Waals surface area contributed by atoms with Gasteiger partial charge < -0.3 is 9.47 Å². The highest BCUT2D eigenvalue weighted by atomic mass is 16.6. The minimum absolute atomic E-state index is 0.0202. The summed E-state index contributed by atoms with van der Waals surface area (Å²) in [7, 11) is 0. The number of rotatable bonds is 0. The van der Waals surface area contributed by atoms with Crippen LogP contribution in [0.4, 0.5) is 0 Å². The van der Waals surface area contributed by atoms with E-state index in [2.05, 4.69) is 39.8 Å². The van der Waals surface area contributed by atoms with Gasteiger partial charge in [-0.05, 0) is 77.4 Å². The second kappa shape index (κ2) is 6.33. The van der Waals surface area contributed by atoms with E-state index in [1.165, 1.54) is 35.1 Å². The maximum absolute atomic E-state index is 6.10. The van der Waals surface area contributed by atoms with Crippen molar-refractivity contribution in [1.82, 2.24) is 0 Å². The van der Waals surface area contributed by atoms with Crippen LogP contribution in [0.3, 0.4) is 0 Å². The summed E-state index contributed by atoms with van der Waals surface area (Å²) in [5.74, 6) is 0. The fourth-order valence-electron chi connectivity index (χ4n) is 3.80. The molecule has 3 unspecified atom stereocenters. The molecule has 0 aromatic heterocycles. The molecule has 0 spiro atoms. The summed E-state index contributed by atoms with van der Waals surface area (Å²) in [5, 5.41) is 0. The second-order valence-electron chi connectivity index (χ2n) is 7.57. The molecular formula is C20H30O2. The first-order valence-electron chi connectivity index (χ1n) is 8.79. The van der Waals surface area contributed by atoms with Crippen LogP contribution in [0.2, 0.25) is 0 Å². The fraction of sp³-hybridized carbons (Fsp3) is 0.700. The van der Waals surface area contributed by atoms with Crippen molar-refractivity contribution in [1.29, 1.82) is 0 Å². The highest BCUT2D eigenvalue weighted by Gasteiger charge is 2.57. The zero-order valence-electron chi connectivity index (χ0n) is 14.6. The Balaban J connectivity index is 1.78. The third-order valence-electron chi connectivity index (χ3n) is 5.54. The van der Waals surface area contributed by atoms with Crippen molar-refractivity contribution in [2.24, 2.45) is 0 Å². The van der Waals surface area contributed by atoms with Crippen LogP contribution in [0.25, 0.3) is 0 Å². The van der Waals surface area contributed by atoms with Crippen molar-refractivity contribution in [2.45, 2.75) is 84.0 Å². The largest absolute Gasteiger partial charge is 0.367 e. The summed E-state index contributed by atoms with van der Waals surface area (Å²) in [6.45, 7) is 9.80. The molecule has 1 fully saturated rings. The monoisotopic (exact) mass is 302 g/mol. The lowest BCUT2D eigenvalue weighted by molar-refractivity contribution is 0.0929. The van der Waals surface area contributed by atoms with Crippen molar-refractivity contribution in [3.63, 3.8) is 0 Å². The molecule has 2 nitrogen and oxygen atoms in total. The molecule has 0 radical (unpaired) electrons. The third-order valence-corrected chi connectivity index (χ3v) is 5.54. The first kappa shape index (κ1) is 16.0. The summed E-state index contributed by atoms with van der Waals surface area (Å²) < 4.78 is 12.2. The molecule has 0 aromatic carbocycles. The van der Waals surface area contributed by atoms with Gasteiger partial charge in [0.2, 0.25) is 0 Å². The van der Waals surface area contributed by atoms with Gasteiger partial charge in [0.1, 0.15) is 12.2 Å². The molecule has 3 atom stereocenters. The van der Waals surface area contributed by atoms with E-state index in [1.807, 2.05) is 0 Å². The first-order chi connectivity index (χ1) is 10.5. The number of allylic oxidation sites excluding steroid dienone is 4. The Hall–Kier alpha value is -0.860. The Labute approximate surface area is 135 Å². The number of epoxide rings is 1. The minimum Gasteiger partial charge on any atom is -0.367 e. The highest BCUT2D eigenvalue weighted by molar-refractivity contribution is 5.28. The number of fused-ring (bicyclic) bond motifs is 3. The number of hydrogen-bond donors (Lipinski definition) is 0. The molecule has 2 heterocycles. The summed E-state index contributed by atoms with van der Waals surface area (Å²) >= 11 is 0. The van der Waals surface area contributed by atoms with Crippen molar-refractivity contribution in [3.05, 3.63) is 34.4 Å². The van der Waals surface area contributed by atoms with Gasteiger partial charge in [-0.2, -0.15) is 0 Å². The molecule has 22 heavy (non-hydrogen) atoms. The van der Waals surface area contributed by atoms with E-state index < -0.39 is 0 Å². The van der Waals surface area contributed by atoms with Gasteiger partial charge in [0.15, 0.2) is 0 Å². The number of hydrogen-bond acceptors (Lipinski definition) is 2. The predicted octanol–water partition coefficient (Wildman–Crippen LogP) is 5.11. The summed E-state index contributed by atoms with van der Waals surface area (Å²) in [6.07, 6.45) is 12.1. The van der Waals surface area contributed by atoms with Gasteiger partial charge in [0, 0.05) is 0 Å². The minimum atomic E-state index is 0.0202. The van der Waals surface area contributed by atoms with Crippen molar-refractivity contribution < 1.29 is 9.47 Å². The molecule has 1 saturated heterocycles. The van der Waals surface area contributed by atoms with E-state index in [0.29, 0.717) is 0 Å². The van der Waals surface area contributed by atoms with E-state index in [-0.39, 0.29) is 17.8 Å². The first-order valence-corrected chi connectivity index (χ1v) is 8.79. The van der Waals surface area contributed by atoms with Crippen molar-refractivity contribution in [3.8, 4) is 0 Å². The molecule has 2 heteroatoms. The van der Waals surface area contributed by atoms with Gasteiger partial charge in [-0.15, -0.1) is 0 Å². The molecule has 3 rings (SSSR count). The van der Waals surface area contributed by atoms with Gasteiger partial charge in [0.05, 0.1) is 12.2 Å². The lowest BCUT2D eigenvalue weighted by Crippen LogP contribution is -2.24. The zero-order valence-corrected chi connectivity index (χ0v) is 14.6. The van der Waals surface area contributed by atoms with Gasteiger partial charge in [-0.3, -0.25) is 0 Å². The van der Waals surface area contributed by atoms with Crippen LogP contribution in [0.15, 0.2) is 34.4 Å². The molecule has 0 amide bonds. The summed E-state index contributed by atoms with van der Waals surface area (Å²) in [5.41, 5.74) is 5.97. The quantitative estimate of drug-likeness (QED) is 0.458. The molecule has 2 aliphatic heterocycles. The van der Waals surface area contributed by atoms with Crippen molar-refractivity contribution in [2.75, 3.05) is 6.61 Å². The fourth-order valence-corrected chi connectivity index (χ4v) is 3.80. The van der Waals surface area contributed by atoms with Crippen LogP contribution in [-0.2, 0) is 9.47 Å². The molecule has 0 bridgehead atoms. The molecule has 3 aliphatic rings. The van der Waals surface area contributed by atoms with Crippen LogP contribution in [0.5, 0.6) is 0 Å². The lowest BCUT2D eigenvalue weighted by atomic mass is 9.90. The Kier molecular flexibility index (Phi) is 4.61. The van der Waals surface area contributed by atoms with Gasteiger partial charge in [-0.25, -0.2) is 0 Å². The highest BCUT2D eigenvalue weighted by Crippen LogP contribution is 2.47. The van der Waals surface area contributed by atoms with Crippen LogP contribution in [-0.4, -0.2) is 24.4 Å². The Morgan fingerprint density at radius 2 is 1.73 bits per heavy atom. The molecule has 0 saturated carbocycles. The average Bonchev–Trinajstić information content (AvgIpc) is 2.98. The molecule has 1 aliphatic carbocycles. The maximum Gasteiger partial charge on any atom is 0.117 e. The normalized spacial score (nSPS) is 36.9. The Morgan fingerprint density at radius 1 is 1.00 bits per heavy atom. The van der Waals surface area contributed by atoms with Crippen LogP contribution < -0.4 is 0 Å². The molecule has 0 N–H and O–H groups in total. The topological polar surface area (TPSA) is 21.8 Å². The third kappa shape index (κ3) is 3.38. The lowest BCUT2D eigenvalue weighted by Gasteiger charge is -2.16. The van der Waals surface area contributed by atoms with E-state index in [0.717, 1.165) is 32.3 Å². The Bertz CT molecular complexity index is 526. The van der Waals surface area contributed by atoms with Crippen LogP contribution in [0, 0.1) is 0 Å². The SMILES string of the molecule is CC1=CCCC2(C)OC2C2OCC(C)=C2CCC(C)=CCC1. The van der Waals surface area contributed by atoms with Crippen molar-refractivity contribution >= 4 is 0 Å². The van der Waals surface area contributed by atoms with Gasteiger partial charge in [-0.1, -0.05) is 23.3 Å². The smallest absolute Gasteiger partial charge is 0.117 e. The standard InChI is InChI=1S/C20H30O2/c1-14-7-5-8-15(2)10-11-17-16(3)13-21-18(17)19-20(4,22-19)12-6-9-14/h8-9,18-19H,5-7,10-13H2,1-4H3.